The summed E-state index contributed by atoms with van der Waals surface area (Å²) in [6.45, 7) is 4.07. The lowest BCUT2D eigenvalue weighted by Gasteiger charge is -2.23. The molecule has 0 aliphatic heterocycles. The highest BCUT2D eigenvalue weighted by Crippen LogP contribution is 2.14. The number of esters is 1. The Morgan fingerprint density at radius 3 is 2.56 bits per heavy atom. The third-order valence-corrected chi connectivity index (χ3v) is 2.30. The highest BCUT2D eigenvalue weighted by Gasteiger charge is 2.23. The Morgan fingerprint density at radius 1 is 1.38 bits per heavy atom. The maximum Gasteiger partial charge on any atom is 0.307 e. The Hall–Kier alpha value is -1.35. The summed E-state index contributed by atoms with van der Waals surface area (Å²) in [6, 6.07) is 9.92. The molecule has 0 aromatic heterocycles. The van der Waals surface area contributed by atoms with E-state index in [1.807, 2.05) is 37.3 Å². The summed E-state index contributed by atoms with van der Waals surface area (Å²) >= 11 is 0. The van der Waals surface area contributed by atoms with E-state index in [0.29, 0.717) is 13.0 Å². The maximum atomic E-state index is 11.3. The summed E-state index contributed by atoms with van der Waals surface area (Å²) in [5.74, 6) is -0.233. The monoisotopic (exact) mass is 221 g/mol. The SMILES string of the molecule is CCOC(=O)CC(C)(N)Cc1ccccc1. The molecule has 1 aromatic rings. The summed E-state index contributed by atoms with van der Waals surface area (Å²) in [7, 11) is 0. The van der Waals surface area contributed by atoms with Gasteiger partial charge in [-0.3, -0.25) is 4.79 Å². The van der Waals surface area contributed by atoms with Gasteiger partial charge in [0.2, 0.25) is 0 Å². The molecule has 1 rings (SSSR count). The van der Waals surface area contributed by atoms with E-state index in [-0.39, 0.29) is 12.4 Å². The van der Waals surface area contributed by atoms with Crippen LogP contribution in [0.4, 0.5) is 0 Å². The molecular weight excluding hydrogens is 202 g/mol. The molecule has 0 aliphatic carbocycles. The Morgan fingerprint density at radius 2 is 2.00 bits per heavy atom. The zero-order valence-corrected chi connectivity index (χ0v) is 9.90. The second-order valence-electron chi connectivity index (χ2n) is 4.30. The molecule has 0 bridgehead atoms. The molecule has 0 aliphatic rings. The fourth-order valence-corrected chi connectivity index (χ4v) is 1.67. The molecule has 0 fully saturated rings. The van der Waals surface area contributed by atoms with Gasteiger partial charge in [0.1, 0.15) is 0 Å². The molecule has 1 atom stereocenters. The summed E-state index contributed by atoms with van der Waals surface area (Å²) in [5, 5.41) is 0. The van der Waals surface area contributed by atoms with E-state index in [0.717, 1.165) is 5.56 Å². The predicted molar refractivity (Wildman–Crippen MR) is 64.0 cm³/mol. The van der Waals surface area contributed by atoms with Crippen LogP contribution in [0, 0.1) is 0 Å². The van der Waals surface area contributed by atoms with Crippen LogP contribution < -0.4 is 5.73 Å². The van der Waals surface area contributed by atoms with Crippen molar-refractivity contribution in [2.75, 3.05) is 6.61 Å². The van der Waals surface area contributed by atoms with Crippen LogP contribution in [-0.2, 0) is 16.0 Å². The third kappa shape index (κ3) is 4.45. The summed E-state index contributed by atoms with van der Waals surface area (Å²) < 4.78 is 4.90. The van der Waals surface area contributed by atoms with Crippen LogP contribution in [0.1, 0.15) is 25.8 Å². The number of hydrogen-bond acceptors (Lipinski definition) is 3. The Bertz CT molecular complexity index is 333. The van der Waals surface area contributed by atoms with Crippen LogP contribution in [-0.4, -0.2) is 18.1 Å². The predicted octanol–water partition coefficient (Wildman–Crippen LogP) is 1.90. The first kappa shape index (κ1) is 12.7. The number of carbonyl (C=O) groups is 1. The first-order valence-electron chi connectivity index (χ1n) is 5.52. The zero-order chi connectivity index (χ0) is 12.0. The molecule has 0 saturated heterocycles. The van der Waals surface area contributed by atoms with Crippen LogP contribution >= 0.6 is 0 Å². The molecule has 3 nitrogen and oxygen atoms in total. The van der Waals surface area contributed by atoms with Gasteiger partial charge in [-0.05, 0) is 25.8 Å². The summed E-state index contributed by atoms with van der Waals surface area (Å²) in [6.07, 6.45) is 0.919. The lowest BCUT2D eigenvalue weighted by atomic mass is 9.91. The number of hydrogen-bond donors (Lipinski definition) is 1. The number of rotatable bonds is 5. The lowest BCUT2D eigenvalue weighted by Crippen LogP contribution is -2.41. The summed E-state index contributed by atoms with van der Waals surface area (Å²) in [4.78, 5) is 11.3. The van der Waals surface area contributed by atoms with Crippen molar-refractivity contribution in [1.82, 2.24) is 0 Å². The van der Waals surface area contributed by atoms with Gasteiger partial charge in [0.05, 0.1) is 13.0 Å². The lowest BCUT2D eigenvalue weighted by molar-refractivity contribution is -0.144. The molecule has 0 saturated carbocycles. The molecule has 3 heteroatoms. The van der Waals surface area contributed by atoms with Crippen molar-refractivity contribution >= 4 is 5.97 Å². The largest absolute Gasteiger partial charge is 0.466 e. The Kier molecular flexibility index (Phi) is 4.50. The average Bonchev–Trinajstić information content (AvgIpc) is 2.17. The first-order valence-corrected chi connectivity index (χ1v) is 5.52. The van der Waals surface area contributed by atoms with Gasteiger partial charge in [-0.2, -0.15) is 0 Å². The van der Waals surface area contributed by atoms with Gasteiger partial charge in [-0.15, -0.1) is 0 Å². The van der Waals surface area contributed by atoms with E-state index >= 15 is 0 Å². The molecule has 0 heterocycles. The minimum atomic E-state index is -0.548. The van der Waals surface area contributed by atoms with Gasteiger partial charge in [-0.1, -0.05) is 30.3 Å². The smallest absolute Gasteiger partial charge is 0.307 e. The minimum absolute atomic E-state index is 0.233. The zero-order valence-electron chi connectivity index (χ0n) is 9.90. The number of benzene rings is 1. The van der Waals surface area contributed by atoms with Gasteiger partial charge in [0.25, 0.3) is 0 Å². The first-order chi connectivity index (χ1) is 7.53. The van der Waals surface area contributed by atoms with Gasteiger partial charge in [0.15, 0.2) is 0 Å². The highest BCUT2D eigenvalue weighted by molar-refractivity contribution is 5.70. The fourth-order valence-electron chi connectivity index (χ4n) is 1.67. The van der Waals surface area contributed by atoms with Crippen molar-refractivity contribution in [3.8, 4) is 0 Å². The molecule has 1 aromatic carbocycles. The van der Waals surface area contributed by atoms with Crippen molar-refractivity contribution in [3.63, 3.8) is 0 Å². The van der Waals surface area contributed by atoms with Crippen LogP contribution in [0.5, 0.6) is 0 Å². The number of nitrogens with two attached hydrogens (primary N) is 1. The van der Waals surface area contributed by atoms with E-state index < -0.39 is 5.54 Å². The van der Waals surface area contributed by atoms with E-state index in [1.165, 1.54) is 0 Å². The van der Waals surface area contributed by atoms with Gasteiger partial charge >= 0.3 is 5.97 Å². The fraction of sp³-hybridized carbons (Fsp3) is 0.462. The molecular formula is C13H19NO2. The van der Waals surface area contributed by atoms with E-state index in [1.54, 1.807) is 6.92 Å². The molecule has 1 unspecified atom stereocenters. The van der Waals surface area contributed by atoms with E-state index in [2.05, 4.69) is 0 Å². The van der Waals surface area contributed by atoms with E-state index in [4.69, 9.17) is 10.5 Å². The van der Waals surface area contributed by atoms with Crippen molar-refractivity contribution in [2.45, 2.75) is 32.2 Å². The van der Waals surface area contributed by atoms with Crippen LogP contribution in [0.2, 0.25) is 0 Å². The number of carbonyl (C=O) groups excluding carboxylic acids is 1. The van der Waals surface area contributed by atoms with Crippen molar-refractivity contribution < 1.29 is 9.53 Å². The maximum absolute atomic E-state index is 11.3. The van der Waals surface area contributed by atoms with Gasteiger partial charge < -0.3 is 10.5 Å². The quantitative estimate of drug-likeness (QED) is 0.773. The van der Waals surface area contributed by atoms with Crippen molar-refractivity contribution in [1.29, 1.82) is 0 Å². The third-order valence-electron chi connectivity index (χ3n) is 2.30. The van der Waals surface area contributed by atoms with Crippen LogP contribution in [0.25, 0.3) is 0 Å². The Labute approximate surface area is 96.6 Å². The second-order valence-corrected chi connectivity index (χ2v) is 4.30. The van der Waals surface area contributed by atoms with Crippen molar-refractivity contribution in [2.24, 2.45) is 5.73 Å². The molecule has 0 radical (unpaired) electrons. The van der Waals surface area contributed by atoms with Crippen LogP contribution in [0.3, 0.4) is 0 Å². The molecule has 2 N–H and O–H groups in total. The molecule has 0 amide bonds. The second kappa shape index (κ2) is 5.66. The highest BCUT2D eigenvalue weighted by atomic mass is 16.5. The van der Waals surface area contributed by atoms with Crippen molar-refractivity contribution in [3.05, 3.63) is 35.9 Å². The van der Waals surface area contributed by atoms with Gasteiger partial charge in [0, 0.05) is 5.54 Å². The molecule has 88 valence electrons. The van der Waals surface area contributed by atoms with E-state index in [9.17, 15) is 4.79 Å². The normalized spacial score (nSPS) is 14.2. The minimum Gasteiger partial charge on any atom is -0.466 e. The standard InChI is InChI=1S/C13H19NO2/c1-3-16-12(15)10-13(2,14)9-11-7-5-4-6-8-11/h4-8H,3,9-10,14H2,1-2H3. The van der Waals surface area contributed by atoms with Gasteiger partial charge in [-0.25, -0.2) is 0 Å². The molecule has 0 spiro atoms. The average molecular weight is 221 g/mol. The topological polar surface area (TPSA) is 52.3 Å². The van der Waals surface area contributed by atoms with Crippen LogP contribution in [0.15, 0.2) is 30.3 Å². The summed E-state index contributed by atoms with van der Waals surface area (Å²) in [5.41, 5.74) is 6.67. The Balaban J connectivity index is 2.54. The number of ether oxygens (including phenoxy) is 1. The molecule has 16 heavy (non-hydrogen) atoms.